The molecule has 1 aliphatic carbocycles. The maximum Gasteiger partial charge on any atom is 0.124 e. The summed E-state index contributed by atoms with van der Waals surface area (Å²) in [6, 6.07) is 11.1. The Morgan fingerprint density at radius 2 is 1.94 bits per heavy atom. The van der Waals surface area contributed by atoms with Crippen LogP contribution in [0.25, 0.3) is 0 Å². The third-order valence-electron chi connectivity index (χ3n) is 3.76. The van der Waals surface area contributed by atoms with Crippen LogP contribution in [-0.4, -0.2) is 12.3 Å². The van der Waals surface area contributed by atoms with E-state index >= 15 is 0 Å². The van der Waals surface area contributed by atoms with Gasteiger partial charge in [-0.05, 0) is 25.3 Å². The van der Waals surface area contributed by atoms with Crippen LogP contribution in [0.1, 0.15) is 44.2 Å². The normalized spacial score (nSPS) is 26.4. The molecule has 2 rings (SSSR count). The first-order chi connectivity index (χ1) is 8.31. The second kappa shape index (κ2) is 5.97. The van der Waals surface area contributed by atoms with E-state index in [0.717, 1.165) is 19.1 Å². The van der Waals surface area contributed by atoms with Crippen molar-refractivity contribution in [2.45, 2.75) is 44.7 Å². The molecule has 0 aromatic heterocycles. The molecule has 1 fully saturated rings. The van der Waals surface area contributed by atoms with Gasteiger partial charge in [0.15, 0.2) is 0 Å². The van der Waals surface area contributed by atoms with Crippen molar-refractivity contribution >= 4 is 6.29 Å². The SMILES string of the molecule is C[C@H](N[C@H]1CCCC[C@H]1C=O)c1ccccc1. The molecule has 1 N–H and O–H groups in total. The van der Waals surface area contributed by atoms with Crippen molar-refractivity contribution in [3.05, 3.63) is 35.9 Å². The van der Waals surface area contributed by atoms with Crippen molar-refractivity contribution in [3.8, 4) is 0 Å². The van der Waals surface area contributed by atoms with Crippen molar-refractivity contribution in [2.24, 2.45) is 5.92 Å². The molecule has 1 aliphatic rings. The summed E-state index contributed by atoms with van der Waals surface area (Å²) in [4.78, 5) is 11.0. The summed E-state index contributed by atoms with van der Waals surface area (Å²) in [7, 11) is 0. The van der Waals surface area contributed by atoms with Gasteiger partial charge in [0, 0.05) is 18.0 Å². The molecule has 1 saturated carbocycles. The lowest BCUT2D eigenvalue weighted by Gasteiger charge is -2.31. The Morgan fingerprint density at radius 1 is 1.24 bits per heavy atom. The van der Waals surface area contributed by atoms with Crippen LogP contribution in [0.15, 0.2) is 30.3 Å². The summed E-state index contributed by atoms with van der Waals surface area (Å²) in [6.45, 7) is 2.17. The molecule has 92 valence electrons. The molecule has 0 unspecified atom stereocenters. The zero-order valence-corrected chi connectivity index (χ0v) is 10.4. The summed E-state index contributed by atoms with van der Waals surface area (Å²) in [5, 5.41) is 3.60. The third kappa shape index (κ3) is 3.16. The number of aldehydes is 1. The molecule has 3 atom stereocenters. The molecule has 0 spiro atoms. The summed E-state index contributed by atoms with van der Waals surface area (Å²) < 4.78 is 0. The van der Waals surface area contributed by atoms with Gasteiger partial charge in [-0.25, -0.2) is 0 Å². The Balaban J connectivity index is 1.97. The highest BCUT2D eigenvalue weighted by Crippen LogP contribution is 2.25. The van der Waals surface area contributed by atoms with Crippen molar-refractivity contribution < 1.29 is 4.79 Å². The summed E-state index contributed by atoms with van der Waals surface area (Å²) in [6.07, 6.45) is 5.74. The van der Waals surface area contributed by atoms with Crippen LogP contribution in [0, 0.1) is 5.92 Å². The van der Waals surface area contributed by atoms with E-state index in [9.17, 15) is 4.79 Å². The predicted octanol–water partition coefficient (Wildman–Crippen LogP) is 3.09. The highest BCUT2D eigenvalue weighted by atomic mass is 16.1. The van der Waals surface area contributed by atoms with Gasteiger partial charge >= 0.3 is 0 Å². The second-order valence-electron chi connectivity index (χ2n) is 4.99. The fourth-order valence-electron chi connectivity index (χ4n) is 2.69. The van der Waals surface area contributed by atoms with Crippen LogP contribution in [0.3, 0.4) is 0 Å². The maximum absolute atomic E-state index is 11.0. The first-order valence-electron chi connectivity index (χ1n) is 6.57. The van der Waals surface area contributed by atoms with Gasteiger partial charge in [0.05, 0.1) is 0 Å². The zero-order chi connectivity index (χ0) is 12.1. The van der Waals surface area contributed by atoms with E-state index < -0.39 is 0 Å². The van der Waals surface area contributed by atoms with Gasteiger partial charge < -0.3 is 10.1 Å². The number of hydrogen-bond acceptors (Lipinski definition) is 2. The molecular formula is C15H21NO. The predicted molar refractivity (Wildman–Crippen MR) is 69.8 cm³/mol. The number of hydrogen-bond donors (Lipinski definition) is 1. The number of benzene rings is 1. The highest BCUT2D eigenvalue weighted by Gasteiger charge is 2.25. The van der Waals surface area contributed by atoms with Crippen LogP contribution in [0.5, 0.6) is 0 Å². The summed E-state index contributed by atoms with van der Waals surface area (Å²) in [5.41, 5.74) is 1.29. The van der Waals surface area contributed by atoms with E-state index in [0.29, 0.717) is 12.1 Å². The minimum atomic E-state index is 0.204. The lowest BCUT2D eigenvalue weighted by atomic mass is 9.85. The number of nitrogens with one attached hydrogen (secondary N) is 1. The second-order valence-corrected chi connectivity index (χ2v) is 4.99. The molecule has 0 saturated heterocycles. The van der Waals surface area contributed by atoms with Gasteiger partial charge in [0.1, 0.15) is 6.29 Å². The minimum Gasteiger partial charge on any atom is -0.307 e. The van der Waals surface area contributed by atoms with Crippen molar-refractivity contribution in [2.75, 3.05) is 0 Å². The standard InChI is InChI=1S/C15H21NO/c1-12(13-7-3-2-4-8-13)16-15-10-6-5-9-14(15)11-17/h2-4,7-8,11-12,14-16H,5-6,9-10H2,1H3/t12-,14-,15-/m0/s1. The Bertz CT molecular complexity index is 349. The fourth-order valence-corrected chi connectivity index (χ4v) is 2.69. The van der Waals surface area contributed by atoms with E-state index in [-0.39, 0.29) is 5.92 Å². The van der Waals surface area contributed by atoms with Crippen molar-refractivity contribution in [3.63, 3.8) is 0 Å². The molecule has 17 heavy (non-hydrogen) atoms. The van der Waals surface area contributed by atoms with E-state index in [1.54, 1.807) is 0 Å². The first-order valence-corrected chi connectivity index (χ1v) is 6.57. The van der Waals surface area contributed by atoms with E-state index in [1.165, 1.54) is 18.4 Å². The molecular weight excluding hydrogens is 210 g/mol. The largest absolute Gasteiger partial charge is 0.307 e. The number of carbonyl (C=O) groups is 1. The van der Waals surface area contributed by atoms with Gasteiger partial charge in [0.25, 0.3) is 0 Å². The Kier molecular flexibility index (Phi) is 4.32. The molecule has 0 bridgehead atoms. The van der Waals surface area contributed by atoms with E-state index in [2.05, 4.69) is 36.5 Å². The summed E-state index contributed by atoms with van der Waals surface area (Å²) >= 11 is 0. The number of carbonyl (C=O) groups excluding carboxylic acids is 1. The average Bonchev–Trinajstić information content (AvgIpc) is 2.40. The lowest BCUT2D eigenvalue weighted by Crippen LogP contribution is -2.40. The van der Waals surface area contributed by atoms with Gasteiger partial charge in [-0.2, -0.15) is 0 Å². The van der Waals surface area contributed by atoms with Crippen LogP contribution in [0.4, 0.5) is 0 Å². The van der Waals surface area contributed by atoms with E-state index in [1.807, 2.05) is 6.07 Å². The molecule has 1 aromatic carbocycles. The molecule has 0 aliphatic heterocycles. The zero-order valence-electron chi connectivity index (χ0n) is 10.4. The van der Waals surface area contributed by atoms with Gasteiger partial charge in [0.2, 0.25) is 0 Å². The first kappa shape index (κ1) is 12.3. The van der Waals surface area contributed by atoms with Crippen molar-refractivity contribution in [1.82, 2.24) is 5.32 Å². The monoisotopic (exact) mass is 231 g/mol. The topological polar surface area (TPSA) is 29.1 Å². The smallest absolute Gasteiger partial charge is 0.124 e. The Morgan fingerprint density at radius 3 is 2.65 bits per heavy atom. The molecule has 2 heteroatoms. The van der Waals surface area contributed by atoms with Crippen LogP contribution >= 0.6 is 0 Å². The maximum atomic E-state index is 11.0. The third-order valence-corrected chi connectivity index (χ3v) is 3.76. The molecule has 0 amide bonds. The number of rotatable bonds is 4. The molecule has 1 aromatic rings. The van der Waals surface area contributed by atoms with Gasteiger partial charge in [-0.1, -0.05) is 43.2 Å². The molecule has 0 heterocycles. The molecule has 0 radical (unpaired) electrons. The Hall–Kier alpha value is -1.15. The van der Waals surface area contributed by atoms with Crippen molar-refractivity contribution in [1.29, 1.82) is 0 Å². The summed E-state index contributed by atoms with van der Waals surface area (Å²) in [5.74, 6) is 0.204. The van der Waals surface area contributed by atoms with Crippen LogP contribution in [0.2, 0.25) is 0 Å². The average molecular weight is 231 g/mol. The van der Waals surface area contributed by atoms with E-state index in [4.69, 9.17) is 0 Å². The Labute approximate surface area is 103 Å². The fraction of sp³-hybridized carbons (Fsp3) is 0.533. The van der Waals surface area contributed by atoms with Crippen LogP contribution < -0.4 is 5.32 Å². The highest BCUT2D eigenvalue weighted by molar-refractivity contribution is 5.55. The van der Waals surface area contributed by atoms with Crippen LogP contribution in [-0.2, 0) is 4.79 Å². The molecule has 2 nitrogen and oxygen atoms in total. The quantitative estimate of drug-likeness (QED) is 0.807. The van der Waals surface area contributed by atoms with Gasteiger partial charge in [-0.3, -0.25) is 0 Å². The van der Waals surface area contributed by atoms with Gasteiger partial charge in [-0.15, -0.1) is 0 Å². The minimum absolute atomic E-state index is 0.204. The lowest BCUT2D eigenvalue weighted by molar-refractivity contribution is -0.112.